The molecule has 21 heavy (non-hydrogen) atoms. The molecule has 0 aromatic heterocycles. The number of hydrogen-bond acceptors (Lipinski definition) is 1. The summed E-state index contributed by atoms with van der Waals surface area (Å²) in [5.41, 5.74) is 1.74. The Hall–Kier alpha value is -0.0400. The topological polar surface area (TPSA) is 9.23 Å². The summed E-state index contributed by atoms with van der Waals surface area (Å²) in [6, 6.07) is 0. The average Bonchev–Trinajstić information content (AvgIpc) is 2.55. The molecule has 4 bridgehead atoms. The molecule has 0 N–H and O–H groups in total. The Kier molecular flexibility index (Phi) is 2.48. The van der Waals surface area contributed by atoms with Gasteiger partial charge >= 0.3 is 0 Å². The lowest BCUT2D eigenvalue weighted by atomic mass is 9.40. The molecule has 1 aliphatic heterocycles. The molecule has 4 saturated carbocycles. The second-order valence-corrected chi connectivity index (χ2v) is 10.3. The Labute approximate surface area is 130 Å². The molecular formula is C20H32O. The first-order valence-electron chi connectivity index (χ1n) is 9.56. The summed E-state index contributed by atoms with van der Waals surface area (Å²) in [5, 5.41) is 0. The highest BCUT2D eigenvalue weighted by atomic mass is 16.5. The van der Waals surface area contributed by atoms with Gasteiger partial charge in [-0.2, -0.15) is 0 Å². The van der Waals surface area contributed by atoms with Crippen LogP contribution in [0.5, 0.6) is 0 Å². The number of rotatable bonds is 0. The van der Waals surface area contributed by atoms with Crippen molar-refractivity contribution in [3.05, 3.63) is 0 Å². The minimum Gasteiger partial charge on any atom is -0.378 e. The van der Waals surface area contributed by atoms with Crippen LogP contribution in [-0.2, 0) is 4.74 Å². The van der Waals surface area contributed by atoms with Gasteiger partial charge in [-0.25, -0.2) is 0 Å². The van der Waals surface area contributed by atoms with Gasteiger partial charge in [0.2, 0.25) is 0 Å². The maximum atomic E-state index is 6.63. The fourth-order valence-corrected chi connectivity index (χ4v) is 8.67. The van der Waals surface area contributed by atoms with Gasteiger partial charge in [0, 0.05) is 0 Å². The van der Waals surface area contributed by atoms with Crippen molar-refractivity contribution in [2.24, 2.45) is 39.9 Å². The van der Waals surface area contributed by atoms with E-state index in [-0.39, 0.29) is 0 Å². The highest BCUT2D eigenvalue weighted by Crippen LogP contribution is 2.73. The monoisotopic (exact) mass is 288 g/mol. The fraction of sp³-hybridized carbons (Fsp3) is 1.00. The summed E-state index contributed by atoms with van der Waals surface area (Å²) in [6.07, 6.45) is 12.4. The summed E-state index contributed by atoms with van der Waals surface area (Å²) in [7, 11) is 0. The molecular weight excluding hydrogens is 256 g/mol. The molecule has 0 radical (unpaired) electrons. The van der Waals surface area contributed by atoms with Crippen LogP contribution in [0.2, 0.25) is 0 Å². The Morgan fingerprint density at radius 2 is 1.71 bits per heavy atom. The largest absolute Gasteiger partial charge is 0.378 e. The quantitative estimate of drug-likeness (QED) is 0.606. The van der Waals surface area contributed by atoms with E-state index >= 15 is 0 Å². The Morgan fingerprint density at radius 3 is 2.57 bits per heavy atom. The van der Waals surface area contributed by atoms with Crippen LogP contribution < -0.4 is 0 Å². The summed E-state index contributed by atoms with van der Waals surface area (Å²) in [6.45, 7) is 8.86. The lowest BCUT2D eigenvalue weighted by Crippen LogP contribution is -2.61. The van der Waals surface area contributed by atoms with Crippen molar-refractivity contribution in [2.75, 3.05) is 6.61 Å². The fourth-order valence-electron chi connectivity index (χ4n) is 8.67. The van der Waals surface area contributed by atoms with E-state index in [1.54, 1.807) is 6.42 Å². The van der Waals surface area contributed by atoms with Crippen LogP contribution in [0.15, 0.2) is 0 Å². The number of hydrogen-bond donors (Lipinski definition) is 0. The zero-order valence-corrected chi connectivity index (χ0v) is 14.2. The third-order valence-electron chi connectivity index (χ3n) is 8.96. The van der Waals surface area contributed by atoms with Gasteiger partial charge in [0.05, 0.1) is 12.7 Å². The molecule has 7 atom stereocenters. The maximum Gasteiger partial charge on any atom is 0.0619 e. The maximum absolute atomic E-state index is 6.63. The van der Waals surface area contributed by atoms with Gasteiger partial charge in [0.25, 0.3) is 0 Å². The van der Waals surface area contributed by atoms with Crippen LogP contribution in [0.3, 0.4) is 0 Å². The van der Waals surface area contributed by atoms with Crippen molar-refractivity contribution >= 4 is 0 Å². The van der Waals surface area contributed by atoms with Crippen LogP contribution in [-0.4, -0.2) is 12.7 Å². The van der Waals surface area contributed by atoms with E-state index in [0.717, 1.165) is 30.3 Å². The zero-order chi connectivity index (χ0) is 14.5. The van der Waals surface area contributed by atoms with Crippen LogP contribution in [0.1, 0.15) is 72.1 Å². The summed E-state index contributed by atoms with van der Waals surface area (Å²) in [4.78, 5) is 0. The first kappa shape index (κ1) is 13.4. The Balaban J connectivity index is 1.66. The molecule has 118 valence electrons. The molecule has 0 aromatic rings. The van der Waals surface area contributed by atoms with Crippen molar-refractivity contribution < 1.29 is 4.74 Å². The van der Waals surface area contributed by atoms with E-state index in [1.165, 1.54) is 44.9 Å². The molecule has 5 rings (SSSR count). The normalized spacial score (nSPS) is 60.4. The second-order valence-electron chi connectivity index (χ2n) is 10.3. The van der Waals surface area contributed by atoms with Gasteiger partial charge in [0.1, 0.15) is 0 Å². The first-order chi connectivity index (χ1) is 9.95. The van der Waals surface area contributed by atoms with Gasteiger partial charge in [-0.15, -0.1) is 0 Å². The van der Waals surface area contributed by atoms with Gasteiger partial charge in [0.15, 0.2) is 0 Å². The summed E-state index contributed by atoms with van der Waals surface area (Å²) < 4.78 is 6.63. The zero-order valence-electron chi connectivity index (χ0n) is 14.2. The lowest BCUT2D eigenvalue weighted by Gasteiger charge is -2.66. The molecule has 5 fully saturated rings. The number of fused-ring (bicyclic) bond motifs is 7. The van der Waals surface area contributed by atoms with Gasteiger partial charge in [-0.05, 0) is 84.9 Å². The highest BCUT2D eigenvalue weighted by Gasteiger charge is 2.68. The predicted molar refractivity (Wildman–Crippen MR) is 85.0 cm³/mol. The Morgan fingerprint density at radius 1 is 0.905 bits per heavy atom. The van der Waals surface area contributed by atoms with Gasteiger partial charge < -0.3 is 4.74 Å². The SMILES string of the molecule is CC1(C)CCC[C@]2(C)[C@@H]1[C@@H]1C[C@@]34C[C@@H](CC[C@H]32)[C@@H](CO1)C4. The molecule has 4 aliphatic carbocycles. The number of ether oxygens (including phenoxy) is 1. The standard InChI is InChI=1S/C20H32O/c1-18(2)7-4-8-19(3)16-6-5-13-9-20(16)10-14(13)12-21-15(11-20)17(18)19/h13-17H,4-12H2,1-3H3/t13-,14-,15+,16+,17-,19+,20+/m1/s1. The van der Waals surface area contributed by atoms with Crippen molar-refractivity contribution in [2.45, 2.75) is 78.2 Å². The Bertz CT molecular complexity index is 468. The first-order valence-corrected chi connectivity index (χ1v) is 9.56. The molecule has 1 nitrogen and oxygen atoms in total. The van der Waals surface area contributed by atoms with E-state index in [4.69, 9.17) is 4.74 Å². The molecule has 0 aromatic carbocycles. The highest BCUT2D eigenvalue weighted by molar-refractivity contribution is 5.16. The summed E-state index contributed by atoms with van der Waals surface area (Å²) in [5.74, 6) is 3.74. The van der Waals surface area contributed by atoms with Crippen LogP contribution in [0.4, 0.5) is 0 Å². The minimum absolute atomic E-state index is 0.486. The van der Waals surface area contributed by atoms with Gasteiger partial charge in [-0.1, -0.05) is 27.2 Å². The van der Waals surface area contributed by atoms with Crippen molar-refractivity contribution in [3.8, 4) is 0 Å². The lowest BCUT2D eigenvalue weighted by molar-refractivity contribution is -0.211. The smallest absolute Gasteiger partial charge is 0.0619 e. The van der Waals surface area contributed by atoms with Crippen LogP contribution in [0, 0.1) is 39.9 Å². The third-order valence-corrected chi connectivity index (χ3v) is 8.96. The van der Waals surface area contributed by atoms with Gasteiger partial charge in [-0.3, -0.25) is 0 Å². The van der Waals surface area contributed by atoms with E-state index in [2.05, 4.69) is 20.8 Å². The van der Waals surface area contributed by atoms with E-state index in [0.29, 0.717) is 22.3 Å². The minimum atomic E-state index is 0.486. The molecule has 0 unspecified atom stereocenters. The van der Waals surface area contributed by atoms with E-state index < -0.39 is 0 Å². The van der Waals surface area contributed by atoms with Crippen LogP contribution in [0.25, 0.3) is 0 Å². The average molecular weight is 288 g/mol. The van der Waals surface area contributed by atoms with Crippen molar-refractivity contribution in [3.63, 3.8) is 0 Å². The molecule has 0 amide bonds. The molecule has 5 aliphatic rings. The second kappa shape index (κ2) is 3.89. The van der Waals surface area contributed by atoms with E-state index in [1.807, 2.05) is 0 Å². The molecule has 1 saturated heterocycles. The summed E-state index contributed by atoms with van der Waals surface area (Å²) >= 11 is 0. The molecule has 1 heterocycles. The van der Waals surface area contributed by atoms with Crippen molar-refractivity contribution in [1.82, 2.24) is 0 Å². The van der Waals surface area contributed by atoms with E-state index in [9.17, 15) is 0 Å². The predicted octanol–water partition coefficient (Wildman–Crippen LogP) is 5.04. The van der Waals surface area contributed by atoms with Crippen LogP contribution >= 0.6 is 0 Å². The molecule has 1 spiro atoms. The third kappa shape index (κ3) is 1.53. The van der Waals surface area contributed by atoms with Crippen molar-refractivity contribution in [1.29, 1.82) is 0 Å². The molecule has 1 heteroatoms.